The van der Waals surface area contributed by atoms with Gasteiger partial charge in [0.25, 0.3) is 0 Å². The molecule has 1 aliphatic heterocycles. The lowest BCUT2D eigenvalue weighted by Gasteiger charge is -2.23. The molecule has 0 radical (unpaired) electrons. The third-order valence-corrected chi connectivity index (χ3v) is 5.12. The predicted molar refractivity (Wildman–Crippen MR) is 85.5 cm³/mol. The molecular weight excluding hydrogens is 274 g/mol. The van der Waals surface area contributed by atoms with Gasteiger partial charge >= 0.3 is 0 Å². The van der Waals surface area contributed by atoms with Crippen molar-refractivity contribution in [3.8, 4) is 0 Å². The van der Waals surface area contributed by atoms with Crippen LogP contribution in [0.2, 0.25) is 0 Å². The van der Waals surface area contributed by atoms with Crippen LogP contribution in [0.5, 0.6) is 0 Å². The Morgan fingerprint density at radius 2 is 2.18 bits per heavy atom. The molecule has 4 rings (SSSR count). The van der Waals surface area contributed by atoms with E-state index in [1.165, 1.54) is 55.0 Å². The maximum Gasteiger partial charge on any atom is 0.124 e. The Morgan fingerprint density at radius 3 is 3.05 bits per heavy atom. The van der Waals surface area contributed by atoms with Crippen LogP contribution in [0, 0.1) is 0 Å². The first-order chi connectivity index (χ1) is 10.8. The number of nitrogens with one attached hydrogen (secondary N) is 1. The van der Waals surface area contributed by atoms with E-state index in [0.717, 1.165) is 26.1 Å². The smallest absolute Gasteiger partial charge is 0.124 e. The van der Waals surface area contributed by atoms with Crippen molar-refractivity contribution in [3.05, 3.63) is 35.2 Å². The van der Waals surface area contributed by atoms with E-state index >= 15 is 0 Å². The highest BCUT2D eigenvalue weighted by Crippen LogP contribution is 2.33. The minimum atomic E-state index is 0.450. The van der Waals surface area contributed by atoms with E-state index in [4.69, 9.17) is 4.98 Å². The van der Waals surface area contributed by atoms with Crippen LogP contribution in [0.1, 0.15) is 61.6 Å². The van der Waals surface area contributed by atoms with Gasteiger partial charge < -0.3 is 4.98 Å². The maximum absolute atomic E-state index is 4.94. The predicted octanol–water partition coefficient (Wildman–Crippen LogP) is 2.84. The maximum atomic E-state index is 4.94. The first-order valence-electron chi connectivity index (χ1n) is 8.67. The quantitative estimate of drug-likeness (QED) is 0.944. The number of aromatic nitrogens is 4. The largest absolute Gasteiger partial charge is 0.344 e. The Bertz CT molecular complexity index is 618. The van der Waals surface area contributed by atoms with Crippen molar-refractivity contribution in [2.45, 2.75) is 64.6 Å². The second-order valence-electron chi connectivity index (χ2n) is 6.52. The van der Waals surface area contributed by atoms with Crippen molar-refractivity contribution < 1.29 is 0 Å². The van der Waals surface area contributed by atoms with E-state index < -0.39 is 0 Å². The number of imidazole rings is 1. The van der Waals surface area contributed by atoms with Crippen LogP contribution < -0.4 is 0 Å². The molecule has 1 atom stereocenters. The Morgan fingerprint density at radius 1 is 1.27 bits per heavy atom. The molecule has 0 bridgehead atoms. The number of rotatable bonds is 4. The zero-order chi connectivity index (χ0) is 14.9. The Balaban J connectivity index is 1.54. The average molecular weight is 299 g/mol. The van der Waals surface area contributed by atoms with Crippen LogP contribution in [0.25, 0.3) is 0 Å². The van der Waals surface area contributed by atoms with Gasteiger partial charge in [0.15, 0.2) is 0 Å². The van der Waals surface area contributed by atoms with Crippen molar-refractivity contribution in [1.29, 1.82) is 0 Å². The molecule has 5 nitrogen and oxygen atoms in total. The summed E-state index contributed by atoms with van der Waals surface area (Å²) in [4.78, 5) is 11.1. The number of hydrogen-bond acceptors (Lipinski definition) is 3. The number of H-pyrrole nitrogens is 1. The Hall–Kier alpha value is -1.62. The fourth-order valence-corrected chi connectivity index (χ4v) is 3.95. The van der Waals surface area contributed by atoms with E-state index in [0.29, 0.717) is 6.04 Å². The van der Waals surface area contributed by atoms with Gasteiger partial charge in [-0.05, 0) is 58.1 Å². The minimum Gasteiger partial charge on any atom is -0.344 e. The summed E-state index contributed by atoms with van der Waals surface area (Å²) in [7, 11) is 0. The second-order valence-corrected chi connectivity index (χ2v) is 6.52. The lowest BCUT2D eigenvalue weighted by atomic mass is 10.0. The molecule has 0 amide bonds. The summed E-state index contributed by atoms with van der Waals surface area (Å²) in [6.07, 6.45) is 9.32. The van der Waals surface area contributed by atoms with Gasteiger partial charge in [-0.3, -0.25) is 9.58 Å². The molecule has 3 heterocycles. The molecule has 1 saturated heterocycles. The van der Waals surface area contributed by atoms with Crippen molar-refractivity contribution in [1.82, 2.24) is 24.6 Å². The molecule has 1 N–H and O–H groups in total. The molecule has 1 fully saturated rings. The zero-order valence-corrected chi connectivity index (χ0v) is 13.4. The van der Waals surface area contributed by atoms with Gasteiger partial charge in [-0.2, -0.15) is 5.10 Å². The highest BCUT2D eigenvalue weighted by atomic mass is 15.3. The topological polar surface area (TPSA) is 49.7 Å². The van der Waals surface area contributed by atoms with Gasteiger partial charge in [-0.1, -0.05) is 0 Å². The second kappa shape index (κ2) is 5.88. The standard InChI is InChI=1S/C17H25N5/c1-2-22-13(9-10-18-22)12-21-11-5-8-16(21)17-19-14-6-3-4-7-15(14)20-17/h9-10,16H,2-8,11-12H2,1H3,(H,19,20)/t16-/m0/s1. The van der Waals surface area contributed by atoms with Gasteiger partial charge in [0.1, 0.15) is 5.82 Å². The minimum absolute atomic E-state index is 0.450. The number of nitrogens with zero attached hydrogens (tertiary/aromatic N) is 4. The highest BCUT2D eigenvalue weighted by molar-refractivity contribution is 5.20. The molecule has 2 aromatic heterocycles. The highest BCUT2D eigenvalue weighted by Gasteiger charge is 2.30. The van der Waals surface area contributed by atoms with E-state index in [1.54, 1.807) is 0 Å². The summed E-state index contributed by atoms with van der Waals surface area (Å²) < 4.78 is 2.10. The van der Waals surface area contributed by atoms with Crippen LogP contribution in [0.15, 0.2) is 12.3 Å². The van der Waals surface area contributed by atoms with E-state index in [2.05, 4.69) is 32.7 Å². The van der Waals surface area contributed by atoms with Crippen LogP contribution in [-0.2, 0) is 25.9 Å². The van der Waals surface area contributed by atoms with Gasteiger partial charge in [-0.25, -0.2) is 4.98 Å². The van der Waals surface area contributed by atoms with Crippen molar-refractivity contribution in [2.24, 2.45) is 0 Å². The Kier molecular flexibility index (Phi) is 3.74. The summed E-state index contributed by atoms with van der Waals surface area (Å²) in [6, 6.07) is 2.59. The summed E-state index contributed by atoms with van der Waals surface area (Å²) in [6.45, 7) is 5.23. The molecular formula is C17H25N5. The van der Waals surface area contributed by atoms with E-state index in [1.807, 2.05) is 6.20 Å². The third-order valence-electron chi connectivity index (χ3n) is 5.12. The first-order valence-corrected chi connectivity index (χ1v) is 8.67. The van der Waals surface area contributed by atoms with Crippen molar-refractivity contribution in [3.63, 3.8) is 0 Å². The van der Waals surface area contributed by atoms with Crippen molar-refractivity contribution in [2.75, 3.05) is 6.54 Å². The van der Waals surface area contributed by atoms with Gasteiger partial charge in [-0.15, -0.1) is 0 Å². The molecule has 5 heteroatoms. The lowest BCUT2D eigenvalue weighted by Crippen LogP contribution is -2.25. The summed E-state index contributed by atoms with van der Waals surface area (Å²) in [5.41, 5.74) is 4.03. The van der Waals surface area contributed by atoms with Crippen LogP contribution in [-0.4, -0.2) is 31.2 Å². The summed E-state index contributed by atoms with van der Waals surface area (Å²) >= 11 is 0. The molecule has 118 valence electrons. The normalized spacial score (nSPS) is 22.1. The van der Waals surface area contributed by atoms with Crippen LogP contribution in [0.4, 0.5) is 0 Å². The van der Waals surface area contributed by atoms with Crippen LogP contribution in [0.3, 0.4) is 0 Å². The van der Waals surface area contributed by atoms with E-state index in [-0.39, 0.29) is 0 Å². The number of likely N-dealkylation sites (tertiary alicyclic amines) is 1. The monoisotopic (exact) mass is 299 g/mol. The summed E-state index contributed by atoms with van der Waals surface area (Å²) in [5, 5.41) is 4.39. The molecule has 2 aliphatic rings. The molecule has 0 aromatic carbocycles. The number of hydrogen-bond donors (Lipinski definition) is 1. The fraction of sp³-hybridized carbons (Fsp3) is 0.647. The Labute approximate surface area is 131 Å². The molecule has 0 unspecified atom stereocenters. The lowest BCUT2D eigenvalue weighted by molar-refractivity contribution is 0.233. The molecule has 22 heavy (non-hydrogen) atoms. The van der Waals surface area contributed by atoms with Crippen LogP contribution >= 0.6 is 0 Å². The molecule has 1 aliphatic carbocycles. The average Bonchev–Trinajstić information content (AvgIpc) is 3.25. The molecule has 2 aromatic rings. The number of aryl methyl sites for hydroxylation is 3. The van der Waals surface area contributed by atoms with Gasteiger partial charge in [0.05, 0.1) is 17.4 Å². The van der Waals surface area contributed by atoms with Gasteiger partial charge in [0, 0.05) is 25.0 Å². The molecule has 0 saturated carbocycles. The first kappa shape index (κ1) is 14.0. The molecule has 0 spiro atoms. The van der Waals surface area contributed by atoms with Crippen molar-refractivity contribution >= 4 is 0 Å². The summed E-state index contributed by atoms with van der Waals surface area (Å²) in [5.74, 6) is 1.20. The third kappa shape index (κ3) is 2.47. The SMILES string of the molecule is CCn1nccc1CN1CCC[C@H]1c1nc2c([nH]1)CCCC2. The zero-order valence-electron chi connectivity index (χ0n) is 13.4. The van der Waals surface area contributed by atoms with Gasteiger partial charge in [0.2, 0.25) is 0 Å². The number of fused-ring (bicyclic) bond motifs is 1. The number of aromatic amines is 1. The fourth-order valence-electron chi connectivity index (χ4n) is 3.95. The van der Waals surface area contributed by atoms with E-state index in [9.17, 15) is 0 Å².